The van der Waals surface area contributed by atoms with E-state index in [4.69, 9.17) is 5.73 Å². The maximum atomic E-state index is 13.0. The number of carbonyl (C=O) groups excluding carboxylic acids is 1. The van der Waals surface area contributed by atoms with E-state index in [2.05, 4.69) is 16.0 Å². The van der Waals surface area contributed by atoms with Gasteiger partial charge < -0.3 is 10.6 Å². The summed E-state index contributed by atoms with van der Waals surface area (Å²) in [6.45, 7) is 3.71. The second kappa shape index (κ2) is 6.97. The summed E-state index contributed by atoms with van der Waals surface area (Å²) in [5, 5.41) is 9.82. The van der Waals surface area contributed by atoms with Gasteiger partial charge in [-0.2, -0.15) is 5.26 Å². The molecule has 142 valence electrons. The second-order valence-electron chi connectivity index (χ2n) is 7.13. The quantitative estimate of drug-likeness (QED) is 0.760. The SMILES string of the molecule is CCn1c(N)nc2cc(C(=O)N3CCC(C#N)(c4ccccc4)CC3)cnc21. The molecule has 1 amide bonds. The number of fused-ring (bicyclic) bond motifs is 1. The molecule has 1 aromatic carbocycles. The van der Waals surface area contributed by atoms with Crippen LogP contribution in [0.15, 0.2) is 42.6 Å². The Kier molecular flexibility index (Phi) is 4.47. The molecular weight excluding hydrogens is 352 g/mol. The van der Waals surface area contributed by atoms with Crippen molar-refractivity contribution in [2.45, 2.75) is 31.7 Å². The van der Waals surface area contributed by atoms with Crippen LogP contribution in [0.1, 0.15) is 35.7 Å². The van der Waals surface area contributed by atoms with Gasteiger partial charge in [0.2, 0.25) is 5.95 Å². The molecule has 1 saturated heterocycles. The first-order valence-electron chi connectivity index (χ1n) is 9.46. The Labute approximate surface area is 163 Å². The Balaban J connectivity index is 1.54. The van der Waals surface area contributed by atoms with Gasteiger partial charge in [-0.25, -0.2) is 9.97 Å². The molecule has 1 aliphatic rings. The number of benzene rings is 1. The highest BCUT2D eigenvalue weighted by atomic mass is 16.2. The van der Waals surface area contributed by atoms with E-state index in [0.29, 0.717) is 55.2 Å². The van der Waals surface area contributed by atoms with E-state index >= 15 is 0 Å². The average Bonchev–Trinajstić information content (AvgIpc) is 3.08. The van der Waals surface area contributed by atoms with Crippen LogP contribution in [0.3, 0.4) is 0 Å². The van der Waals surface area contributed by atoms with Crippen LogP contribution in [0.5, 0.6) is 0 Å². The number of likely N-dealkylation sites (tertiary alicyclic amines) is 1. The molecular formula is C21H22N6O. The van der Waals surface area contributed by atoms with Gasteiger partial charge in [0.1, 0.15) is 5.52 Å². The van der Waals surface area contributed by atoms with Crippen molar-refractivity contribution in [1.29, 1.82) is 5.26 Å². The Morgan fingerprint density at radius 3 is 2.64 bits per heavy atom. The zero-order chi connectivity index (χ0) is 19.7. The summed E-state index contributed by atoms with van der Waals surface area (Å²) in [7, 11) is 0. The molecule has 3 aromatic rings. The minimum Gasteiger partial charge on any atom is -0.369 e. The summed E-state index contributed by atoms with van der Waals surface area (Å²) >= 11 is 0. The number of nitrogens with two attached hydrogens (primary N) is 1. The van der Waals surface area contributed by atoms with Gasteiger partial charge in [0.15, 0.2) is 5.65 Å². The van der Waals surface area contributed by atoms with Crippen LogP contribution in [-0.4, -0.2) is 38.4 Å². The van der Waals surface area contributed by atoms with Crippen molar-refractivity contribution >= 4 is 23.0 Å². The molecule has 28 heavy (non-hydrogen) atoms. The van der Waals surface area contributed by atoms with E-state index in [0.717, 1.165) is 5.56 Å². The standard InChI is InChI=1S/C21H22N6O/c1-2-27-18-17(25-20(27)23)12-15(13-24-18)19(28)26-10-8-21(14-22,9-11-26)16-6-4-3-5-7-16/h3-7,12-13H,2,8-11H2,1H3,(H2,23,25). The topological polar surface area (TPSA) is 101 Å². The van der Waals surface area contributed by atoms with Gasteiger partial charge in [0, 0.05) is 25.8 Å². The van der Waals surface area contributed by atoms with Crippen LogP contribution < -0.4 is 5.73 Å². The summed E-state index contributed by atoms with van der Waals surface area (Å²) < 4.78 is 1.81. The molecule has 0 saturated carbocycles. The molecule has 3 heterocycles. The fourth-order valence-electron chi connectivity index (χ4n) is 3.95. The number of aromatic nitrogens is 3. The average molecular weight is 374 g/mol. The molecule has 0 spiro atoms. The fraction of sp³-hybridized carbons (Fsp3) is 0.333. The number of rotatable bonds is 3. The molecule has 0 bridgehead atoms. The molecule has 4 rings (SSSR count). The monoisotopic (exact) mass is 374 g/mol. The zero-order valence-corrected chi connectivity index (χ0v) is 15.8. The van der Waals surface area contributed by atoms with E-state index in [1.165, 1.54) is 0 Å². The first-order chi connectivity index (χ1) is 13.6. The Hall–Kier alpha value is -3.40. The molecule has 2 aromatic heterocycles. The number of hydrogen-bond acceptors (Lipinski definition) is 5. The Morgan fingerprint density at radius 1 is 1.29 bits per heavy atom. The van der Waals surface area contributed by atoms with Gasteiger partial charge in [-0.15, -0.1) is 0 Å². The molecule has 1 fully saturated rings. The number of pyridine rings is 1. The number of imidazole rings is 1. The van der Waals surface area contributed by atoms with Crippen molar-refractivity contribution in [3.8, 4) is 6.07 Å². The van der Waals surface area contributed by atoms with Crippen molar-refractivity contribution in [3.63, 3.8) is 0 Å². The maximum absolute atomic E-state index is 13.0. The van der Waals surface area contributed by atoms with Crippen molar-refractivity contribution in [1.82, 2.24) is 19.4 Å². The number of aryl methyl sites for hydroxylation is 1. The van der Waals surface area contributed by atoms with Crippen molar-refractivity contribution in [2.75, 3.05) is 18.8 Å². The Morgan fingerprint density at radius 2 is 2.00 bits per heavy atom. The van der Waals surface area contributed by atoms with Gasteiger partial charge in [-0.3, -0.25) is 9.36 Å². The molecule has 7 heteroatoms. The van der Waals surface area contributed by atoms with Gasteiger partial charge in [-0.1, -0.05) is 30.3 Å². The van der Waals surface area contributed by atoms with Crippen LogP contribution in [-0.2, 0) is 12.0 Å². The predicted octanol–water partition coefficient (Wildman–Crippen LogP) is 2.73. The minimum atomic E-state index is -0.533. The lowest BCUT2D eigenvalue weighted by molar-refractivity contribution is 0.0691. The lowest BCUT2D eigenvalue weighted by atomic mass is 9.74. The summed E-state index contributed by atoms with van der Waals surface area (Å²) in [5.74, 6) is 0.313. The van der Waals surface area contributed by atoms with Crippen molar-refractivity contribution < 1.29 is 4.79 Å². The molecule has 7 nitrogen and oxygen atoms in total. The first-order valence-corrected chi connectivity index (χ1v) is 9.46. The summed E-state index contributed by atoms with van der Waals surface area (Å²) in [5.41, 5.74) is 8.21. The van der Waals surface area contributed by atoms with Crippen LogP contribution in [0.2, 0.25) is 0 Å². The highest BCUT2D eigenvalue weighted by molar-refractivity contribution is 5.96. The molecule has 2 N–H and O–H groups in total. The van der Waals surface area contributed by atoms with E-state index in [1.807, 2.05) is 41.8 Å². The smallest absolute Gasteiger partial charge is 0.255 e. The zero-order valence-electron chi connectivity index (χ0n) is 15.8. The van der Waals surface area contributed by atoms with E-state index in [9.17, 15) is 10.1 Å². The Bertz CT molecular complexity index is 1060. The normalized spacial score (nSPS) is 16.1. The number of piperidine rings is 1. The molecule has 0 aliphatic carbocycles. The third-order valence-corrected chi connectivity index (χ3v) is 5.62. The maximum Gasteiger partial charge on any atom is 0.255 e. The van der Waals surface area contributed by atoms with Gasteiger partial charge in [0.25, 0.3) is 5.91 Å². The lowest BCUT2D eigenvalue weighted by Crippen LogP contribution is -2.44. The second-order valence-corrected chi connectivity index (χ2v) is 7.13. The minimum absolute atomic E-state index is 0.0846. The molecule has 0 atom stereocenters. The summed E-state index contributed by atoms with van der Waals surface area (Å²) in [6.07, 6.45) is 2.82. The van der Waals surface area contributed by atoms with Gasteiger partial charge in [0.05, 0.1) is 17.0 Å². The van der Waals surface area contributed by atoms with Crippen LogP contribution in [0.4, 0.5) is 5.95 Å². The molecule has 0 radical (unpaired) electrons. The van der Waals surface area contributed by atoms with E-state index < -0.39 is 5.41 Å². The van der Waals surface area contributed by atoms with Crippen molar-refractivity contribution in [2.24, 2.45) is 0 Å². The largest absolute Gasteiger partial charge is 0.369 e. The number of anilines is 1. The number of nitrogen functional groups attached to an aromatic ring is 1. The lowest BCUT2D eigenvalue weighted by Gasteiger charge is -2.37. The van der Waals surface area contributed by atoms with Gasteiger partial charge in [-0.05, 0) is 31.4 Å². The van der Waals surface area contributed by atoms with E-state index in [1.54, 1.807) is 17.2 Å². The predicted molar refractivity (Wildman–Crippen MR) is 106 cm³/mol. The fourth-order valence-corrected chi connectivity index (χ4v) is 3.95. The number of hydrogen-bond donors (Lipinski definition) is 1. The number of nitriles is 1. The van der Waals surface area contributed by atoms with Crippen LogP contribution >= 0.6 is 0 Å². The first kappa shape index (κ1) is 18.0. The number of carbonyl (C=O) groups is 1. The highest BCUT2D eigenvalue weighted by Gasteiger charge is 2.37. The van der Waals surface area contributed by atoms with Crippen molar-refractivity contribution in [3.05, 3.63) is 53.7 Å². The third kappa shape index (κ3) is 2.87. The van der Waals surface area contributed by atoms with Gasteiger partial charge >= 0.3 is 0 Å². The summed E-state index contributed by atoms with van der Waals surface area (Å²) in [4.78, 5) is 23.5. The van der Waals surface area contributed by atoms with Crippen LogP contribution in [0.25, 0.3) is 11.2 Å². The van der Waals surface area contributed by atoms with Crippen LogP contribution in [0, 0.1) is 11.3 Å². The number of nitrogens with zero attached hydrogens (tertiary/aromatic N) is 5. The summed E-state index contributed by atoms with van der Waals surface area (Å²) in [6, 6.07) is 14.1. The number of amides is 1. The highest BCUT2D eigenvalue weighted by Crippen LogP contribution is 2.35. The molecule has 1 aliphatic heterocycles. The van der Waals surface area contributed by atoms with E-state index in [-0.39, 0.29) is 5.91 Å². The molecule has 0 unspecified atom stereocenters. The third-order valence-electron chi connectivity index (χ3n) is 5.62.